The summed E-state index contributed by atoms with van der Waals surface area (Å²) >= 11 is 0. The van der Waals surface area contributed by atoms with Gasteiger partial charge in [-0.2, -0.15) is 0 Å². The van der Waals surface area contributed by atoms with Crippen molar-refractivity contribution in [1.29, 1.82) is 0 Å². The summed E-state index contributed by atoms with van der Waals surface area (Å²) in [5, 5.41) is 0. The van der Waals surface area contributed by atoms with Crippen molar-refractivity contribution in [3.05, 3.63) is 11.6 Å². The van der Waals surface area contributed by atoms with Crippen LogP contribution in [-0.2, 0) is 4.79 Å². The molecule has 0 saturated carbocycles. The first-order chi connectivity index (χ1) is 3.98. The molecule has 0 aliphatic rings. The zero-order valence-electron chi connectivity index (χ0n) is 6.14. The second-order valence-electron chi connectivity index (χ2n) is 2.71. The van der Waals surface area contributed by atoms with E-state index in [9.17, 15) is 4.79 Å². The maximum atomic E-state index is 10.2. The van der Waals surface area contributed by atoms with Gasteiger partial charge in [-0.15, -0.1) is 0 Å². The van der Waals surface area contributed by atoms with Crippen molar-refractivity contribution in [3.63, 3.8) is 0 Å². The molecular formula is C7H13NO. The van der Waals surface area contributed by atoms with E-state index in [2.05, 4.69) is 0 Å². The van der Waals surface area contributed by atoms with Crippen LogP contribution in [0.25, 0.3) is 0 Å². The van der Waals surface area contributed by atoms with Gasteiger partial charge < -0.3 is 10.5 Å². The summed E-state index contributed by atoms with van der Waals surface area (Å²) in [6.07, 6.45) is 2.47. The van der Waals surface area contributed by atoms with E-state index < -0.39 is 5.54 Å². The Morgan fingerprint density at radius 3 is 2.11 bits per heavy atom. The van der Waals surface area contributed by atoms with Crippen LogP contribution in [0.2, 0.25) is 0 Å². The molecule has 0 aromatic carbocycles. The van der Waals surface area contributed by atoms with E-state index in [4.69, 9.17) is 5.73 Å². The van der Waals surface area contributed by atoms with Gasteiger partial charge in [0.25, 0.3) is 0 Å². The molecule has 52 valence electrons. The Labute approximate surface area is 55.7 Å². The van der Waals surface area contributed by atoms with E-state index in [0.717, 1.165) is 11.9 Å². The standard InChI is InChI=1S/C7H13NO/c1-6(2)4-7(3,8)5-9/h4-5H,8H2,1-3H3/t7-/m1/s1. The molecule has 0 spiro atoms. The van der Waals surface area contributed by atoms with Crippen LogP contribution in [-0.4, -0.2) is 11.8 Å². The van der Waals surface area contributed by atoms with Crippen molar-refractivity contribution < 1.29 is 4.79 Å². The highest BCUT2D eigenvalue weighted by atomic mass is 16.1. The molecule has 0 unspecified atom stereocenters. The van der Waals surface area contributed by atoms with Gasteiger partial charge in [-0.25, -0.2) is 0 Å². The average Bonchev–Trinajstić information content (AvgIpc) is 1.63. The summed E-state index contributed by atoms with van der Waals surface area (Å²) in [7, 11) is 0. The van der Waals surface area contributed by atoms with E-state index in [0.29, 0.717) is 0 Å². The Morgan fingerprint density at radius 2 is 2.00 bits per heavy atom. The summed E-state index contributed by atoms with van der Waals surface area (Å²) in [4.78, 5) is 10.2. The fourth-order valence-electron chi connectivity index (χ4n) is 0.656. The fourth-order valence-corrected chi connectivity index (χ4v) is 0.656. The normalized spacial score (nSPS) is 16.0. The van der Waals surface area contributed by atoms with Crippen molar-refractivity contribution >= 4 is 6.29 Å². The summed E-state index contributed by atoms with van der Waals surface area (Å²) in [5.74, 6) is 0. The minimum Gasteiger partial charge on any atom is -0.316 e. The van der Waals surface area contributed by atoms with Gasteiger partial charge in [0.15, 0.2) is 0 Å². The van der Waals surface area contributed by atoms with Crippen LogP contribution in [0.5, 0.6) is 0 Å². The number of carbonyl (C=O) groups excluding carboxylic acids is 1. The lowest BCUT2D eigenvalue weighted by molar-refractivity contribution is -0.110. The number of hydrogen-bond acceptors (Lipinski definition) is 2. The second-order valence-corrected chi connectivity index (χ2v) is 2.71. The van der Waals surface area contributed by atoms with Crippen molar-refractivity contribution in [3.8, 4) is 0 Å². The molecule has 0 heterocycles. The molecule has 0 aliphatic heterocycles. The van der Waals surface area contributed by atoms with Crippen LogP contribution in [0.3, 0.4) is 0 Å². The fraction of sp³-hybridized carbons (Fsp3) is 0.571. The largest absolute Gasteiger partial charge is 0.316 e. The number of allylic oxidation sites excluding steroid dienone is 1. The Bertz CT molecular complexity index is 132. The third kappa shape index (κ3) is 3.91. The highest BCUT2D eigenvalue weighted by molar-refractivity contribution is 5.66. The van der Waals surface area contributed by atoms with Crippen LogP contribution < -0.4 is 5.73 Å². The molecule has 9 heavy (non-hydrogen) atoms. The van der Waals surface area contributed by atoms with Gasteiger partial charge in [0.05, 0.1) is 5.54 Å². The monoisotopic (exact) mass is 127 g/mol. The molecule has 0 amide bonds. The van der Waals surface area contributed by atoms with Gasteiger partial charge in [0.2, 0.25) is 0 Å². The molecule has 0 aromatic rings. The predicted octanol–water partition coefficient (Wildman–Crippen LogP) is 0.869. The Morgan fingerprint density at radius 1 is 1.56 bits per heavy atom. The first kappa shape index (κ1) is 8.37. The molecule has 0 rings (SSSR count). The molecule has 0 saturated heterocycles. The first-order valence-corrected chi connectivity index (χ1v) is 2.89. The van der Waals surface area contributed by atoms with Crippen molar-refractivity contribution in [2.45, 2.75) is 26.3 Å². The molecule has 2 heteroatoms. The molecule has 0 aliphatic carbocycles. The van der Waals surface area contributed by atoms with Crippen LogP contribution in [0.1, 0.15) is 20.8 Å². The number of hydrogen-bond donors (Lipinski definition) is 1. The lowest BCUT2D eigenvalue weighted by atomic mass is 10.0. The quantitative estimate of drug-likeness (QED) is 0.442. The van der Waals surface area contributed by atoms with Gasteiger partial charge in [0.1, 0.15) is 6.29 Å². The van der Waals surface area contributed by atoms with E-state index in [1.54, 1.807) is 13.0 Å². The van der Waals surface area contributed by atoms with Crippen LogP contribution >= 0.6 is 0 Å². The SMILES string of the molecule is CC(C)=C[C@@](C)(N)C=O. The smallest absolute Gasteiger partial charge is 0.143 e. The van der Waals surface area contributed by atoms with E-state index in [-0.39, 0.29) is 0 Å². The zero-order chi connectivity index (χ0) is 7.49. The van der Waals surface area contributed by atoms with Crippen molar-refractivity contribution in [2.75, 3.05) is 0 Å². The molecule has 0 fully saturated rings. The Hall–Kier alpha value is -0.630. The maximum absolute atomic E-state index is 10.2. The lowest BCUT2D eigenvalue weighted by Gasteiger charge is -2.10. The lowest BCUT2D eigenvalue weighted by Crippen LogP contribution is -2.35. The highest BCUT2D eigenvalue weighted by Gasteiger charge is 2.11. The number of nitrogens with two attached hydrogens (primary N) is 1. The molecular weight excluding hydrogens is 114 g/mol. The molecule has 2 nitrogen and oxygen atoms in total. The maximum Gasteiger partial charge on any atom is 0.143 e. The Kier molecular flexibility index (Phi) is 2.59. The molecule has 2 N–H and O–H groups in total. The second kappa shape index (κ2) is 2.78. The van der Waals surface area contributed by atoms with E-state index in [1.165, 1.54) is 0 Å². The van der Waals surface area contributed by atoms with Crippen LogP contribution in [0.4, 0.5) is 0 Å². The molecule has 0 aromatic heterocycles. The summed E-state index contributed by atoms with van der Waals surface area (Å²) in [6, 6.07) is 0. The minimum atomic E-state index is -0.779. The van der Waals surface area contributed by atoms with Gasteiger partial charge >= 0.3 is 0 Å². The Balaban J connectivity index is 4.18. The number of aldehydes is 1. The van der Waals surface area contributed by atoms with Gasteiger partial charge in [0, 0.05) is 0 Å². The number of carbonyl (C=O) groups is 1. The van der Waals surface area contributed by atoms with Crippen LogP contribution in [0, 0.1) is 0 Å². The third-order valence-electron chi connectivity index (χ3n) is 0.854. The highest BCUT2D eigenvalue weighted by Crippen LogP contribution is 2.00. The van der Waals surface area contributed by atoms with Crippen molar-refractivity contribution in [1.82, 2.24) is 0 Å². The first-order valence-electron chi connectivity index (χ1n) is 2.89. The third-order valence-corrected chi connectivity index (χ3v) is 0.854. The van der Waals surface area contributed by atoms with E-state index >= 15 is 0 Å². The molecule has 0 bridgehead atoms. The summed E-state index contributed by atoms with van der Waals surface area (Å²) in [5.41, 5.74) is 5.76. The molecule has 0 radical (unpaired) electrons. The average molecular weight is 127 g/mol. The zero-order valence-corrected chi connectivity index (χ0v) is 6.14. The summed E-state index contributed by atoms with van der Waals surface area (Å²) < 4.78 is 0. The topological polar surface area (TPSA) is 43.1 Å². The number of rotatable bonds is 2. The van der Waals surface area contributed by atoms with Gasteiger partial charge in [-0.3, -0.25) is 0 Å². The predicted molar refractivity (Wildman–Crippen MR) is 38.1 cm³/mol. The minimum absolute atomic E-state index is 0.736. The van der Waals surface area contributed by atoms with Crippen LogP contribution in [0.15, 0.2) is 11.6 Å². The van der Waals surface area contributed by atoms with Crippen molar-refractivity contribution in [2.24, 2.45) is 5.73 Å². The van der Waals surface area contributed by atoms with Gasteiger partial charge in [-0.05, 0) is 20.8 Å². The molecule has 1 atom stereocenters. The summed E-state index contributed by atoms with van der Waals surface area (Å²) in [6.45, 7) is 5.50. The van der Waals surface area contributed by atoms with E-state index in [1.807, 2.05) is 13.8 Å². The van der Waals surface area contributed by atoms with Gasteiger partial charge in [-0.1, -0.05) is 11.6 Å².